The number of hydrogen-bond donors (Lipinski definition) is 1. The predicted molar refractivity (Wildman–Crippen MR) is 67.9 cm³/mol. The SMILES string of the molecule is C=CC1=C(C(=C)Cl)Oc2c(Cl)cccc2N1. The number of rotatable bonds is 2. The third-order valence-corrected chi connectivity index (χ3v) is 2.60. The number of halogens is 2. The molecule has 1 aromatic carbocycles. The van der Waals surface area contributed by atoms with Crippen LogP contribution in [0.25, 0.3) is 0 Å². The second-order valence-corrected chi connectivity index (χ2v) is 4.06. The van der Waals surface area contributed by atoms with Gasteiger partial charge in [-0.2, -0.15) is 0 Å². The minimum Gasteiger partial charge on any atom is -0.450 e. The van der Waals surface area contributed by atoms with Crippen LogP contribution in [0.2, 0.25) is 5.02 Å². The van der Waals surface area contributed by atoms with E-state index < -0.39 is 0 Å². The molecule has 0 saturated heterocycles. The number of anilines is 1. The first kappa shape index (κ1) is 11.1. The highest BCUT2D eigenvalue weighted by atomic mass is 35.5. The van der Waals surface area contributed by atoms with Crippen LogP contribution in [0.1, 0.15) is 0 Å². The van der Waals surface area contributed by atoms with Crippen molar-refractivity contribution in [3.05, 3.63) is 58.9 Å². The van der Waals surface area contributed by atoms with Crippen molar-refractivity contribution in [2.24, 2.45) is 0 Å². The standard InChI is InChI=1S/C12H9Cl2NO/c1-3-9-11(7(2)13)16-12-8(14)5-4-6-10(12)15-9/h3-6,15H,1-2H2. The summed E-state index contributed by atoms with van der Waals surface area (Å²) in [7, 11) is 0. The molecule has 0 amide bonds. The zero-order chi connectivity index (χ0) is 11.7. The molecule has 16 heavy (non-hydrogen) atoms. The van der Waals surface area contributed by atoms with Crippen molar-refractivity contribution < 1.29 is 4.74 Å². The number of benzene rings is 1. The summed E-state index contributed by atoms with van der Waals surface area (Å²) >= 11 is 11.9. The van der Waals surface area contributed by atoms with E-state index in [1.54, 1.807) is 12.1 Å². The van der Waals surface area contributed by atoms with E-state index >= 15 is 0 Å². The van der Waals surface area contributed by atoms with E-state index in [1.165, 1.54) is 0 Å². The van der Waals surface area contributed by atoms with Crippen molar-refractivity contribution in [1.29, 1.82) is 0 Å². The van der Waals surface area contributed by atoms with Crippen molar-refractivity contribution in [1.82, 2.24) is 0 Å². The Hall–Kier alpha value is -1.38. The van der Waals surface area contributed by atoms with Crippen molar-refractivity contribution >= 4 is 28.9 Å². The lowest BCUT2D eigenvalue weighted by Gasteiger charge is -2.23. The van der Waals surface area contributed by atoms with Crippen molar-refractivity contribution in [2.75, 3.05) is 5.32 Å². The van der Waals surface area contributed by atoms with Gasteiger partial charge in [-0.3, -0.25) is 0 Å². The first-order chi connectivity index (χ1) is 7.63. The van der Waals surface area contributed by atoms with Gasteiger partial charge in [-0.15, -0.1) is 0 Å². The molecule has 0 fully saturated rings. The summed E-state index contributed by atoms with van der Waals surface area (Å²) in [5, 5.41) is 3.94. The van der Waals surface area contributed by atoms with Crippen molar-refractivity contribution in [3.63, 3.8) is 0 Å². The first-order valence-electron chi connectivity index (χ1n) is 4.58. The molecule has 0 unspecified atom stereocenters. The van der Waals surface area contributed by atoms with Crippen LogP contribution in [0.15, 0.2) is 53.9 Å². The molecule has 0 spiro atoms. The molecule has 2 rings (SSSR count). The largest absolute Gasteiger partial charge is 0.450 e. The van der Waals surface area contributed by atoms with Crippen LogP contribution in [0.3, 0.4) is 0 Å². The maximum Gasteiger partial charge on any atom is 0.169 e. The highest BCUT2D eigenvalue weighted by Crippen LogP contribution is 2.40. The van der Waals surface area contributed by atoms with Gasteiger partial charge in [-0.25, -0.2) is 0 Å². The fourth-order valence-electron chi connectivity index (χ4n) is 1.42. The Morgan fingerprint density at radius 2 is 2.19 bits per heavy atom. The van der Waals surface area contributed by atoms with Crippen LogP contribution in [-0.4, -0.2) is 0 Å². The van der Waals surface area contributed by atoms with E-state index in [9.17, 15) is 0 Å². The number of ether oxygens (including phenoxy) is 1. The Morgan fingerprint density at radius 1 is 1.44 bits per heavy atom. The van der Waals surface area contributed by atoms with Gasteiger partial charge in [0.15, 0.2) is 11.5 Å². The van der Waals surface area contributed by atoms with Crippen molar-refractivity contribution in [3.8, 4) is 5.75 Å². The second-order valence-electron chi connectivity index (χ2n) is 3.20. The summed E-state index contributed by atoms with van der Waals surface area (Å²) in [6, 6.07) is 5.44. The topological polar surface area (TPSA) is 21.3 Å². The smallest absolute Gasteiger partial charge is 0.169 e. The third kappa shape index (κ3) is 1.82. The van der Waals surface area contributed by atoms with Gasteiger partial charge in [0.1, 0.15) is 0 Å². The van der Waals surface area contributed by atoms with E-state index in [2.05, 4.69) is 18.5 Å². The van der Waals surface area contributed by atoms with Gasteiger partial charge in [0, 0.05) is 0 Å². The molecule has 0 radical (unpaired) electrons. The van der Waals surface area contributed by atoms with Gasteiger partial charge in [0.2, 0.25) is 0 Å². The molecule has 0 saturated carbocycles. The van der Waals surface area contributed by atoms with Gasteiger partial charge in [-0.1, -0.05) is 42.4 Å². The first-order valence-corrected chi connectivity index (χ1v) is 5.34. The molecule has 0 aromatic heterocycles. The molecule has 0 aliphatic carbocycles. The molecule has 1 aliphatic heterocycles. The molecule has 82 valence electrons. The van der Waals surface area contributed by atoms with Crippen LogP contribution in [-0.2, 0) is 0 Å². The maximum absolute atomic E-state index is 6.02. The molecule has 0 atom stereocenters. The zero-order valence-corrected chi connectivity index (χ0v) is 9.90. The molecule has 1 aliphatic rings. The summed E-state index contributed by atoms with van der Waals surface area (Å²) < 4.78 is 5.61. The highest BCUT2D eigenvalue weighted by Gasteiger charge is 2.20. The van der Waals surface area contributed by atoms with E-state index in [0.29, 0.717) is 27.3 Å². The number of hydrogen-bond acceptors (Lipinski definition) is 2. The van der Waals surface area contributed by atoms with Crippen LogP contribution in [0, 0.1) is 0 Å². The van der Waals surface area contributed by atoms with Gasteiger partial charge < -0.3 is 10.1 Å². The lowest BCUT2D eigenvalue weighted by Crippen LogP contribution is -2.13. The second kappa shape index (κ2) is 4.24. The quantitative estimate of drug-likeness (QED) is 0.849. The van der Waals surface area contributed by atoms with E-state index in [4.69, 9.17) is 27.9 Å². The van der Waals surface area contributed by atoms with Crippen LogP contribution in [0.4, 0.5) is 5.69 Å². The lowest BCUT2D eigenvalue weighted by molar-refractivity contribution is 0.433. The van der Waals surface area contributed by atoms with E-state index in [0.717, 1.165) is 5.69 Å². The Labute approximate surface area is 104 Å². The summed E-state index contributed by atoms with van der Waals surface area (Å²) in [6.45, 7) is 7.31. The van der Waals surface area contributed by atoms with Gasteiger partial charge in [0.25, 0.3) is 0 Å². The number of fused-ring (bicyclic) bond motifs is 1. The summed E-state index contributed by atoms with van der Waals surface area (Å²) in [4.78, 5) is 0. The van der Waals surface area contributed by atoms with Crippen molar-refractivity contribution in [2.45, 2.75) is 0 Å². The van der Waals surface area contributed by atoms with Gasteiger partial charge in [0.05, 0.1) is 21.4 Å². The summed E-state index contributed by atoms with van der Waals surface area (Å²) in [5.41, 5.74) is 1.46. The third-order valence-electron chi connectivity index (χ3n) is 2.14. The van der Waals surface area contributed by atoms with E-state index in [1.807, 2.05) is 12.1 Å². The average Bonchev–Trinajstić information content (AvgIpc) is 2.27. The molecule has 4 heteroatoms. The van der Waals surface area contributed by atoms with Crippen LogP contribution in [0.5, 0.6) is 5.75 Å². The fraction of sp³-hybridized carbons (Fsp3) is 0. The minimum atomic E-state index is 0.299. The number of allylic oxidation sites excluding steroid dienone is 2. The highest BCUT2D eigenvalue weighted by molar-refractivity contribution is 6.33. The summed E-state index contributed by atoms with van der Waals surface area (Å²) in [5.74, 6) is 0.990. The molecular weight excluding hydrogens is 245 g/mol. The zero-order valence-electron chi connectivity index (χ0n) is 8.39. The summed E-state index contributed by atoms with van der Waals surface area (Å²) in [6.07, 6.45) is 1.62. The van der Waals surface area contributed by atoms with Gasteiger partial charge in [-0.05, 0) is 18.2 Å². The Kier molecular flexibility index (Phi) is 2.95. The minimum absolute atomic E-state index is 0.299. The molecule has 2 nitrogen and oxygen atoms in total. The monoisotopic (exact) mass is 253 g/mol. The van der Waals surface area contributed by atoms with E-state index in [-0.39, 0.29) is 0 Å². The maximum atomic E-state index is 6.02. The molecule has 1 heterocycles. The average molecular weight is 254 g/mol. The number of nitrogens with one attached hydrogen (secondary N) is 1. The van der Waals surface area contributed by atoms with Crippen LogP contribution >= 0.6 is 23.2 Å². The lowest BCUT2D eigenvalue weighted by atomic mass is 10.2. The molecular formula is C12H9Cl2NO. The molecule has 0 bridgehead atoms. The molecule has 1 N–H and O–H groups in total. The Morgan fingerprint density at radius 3 is 2.81 bits per heavy atom. The molecule has 1 aromatic rings. The Bertz CT molecular complexity index is 506. The predicted octanol–water partition coefficient (Wildman–Crippen LogP) is 4.29. The Balaban J connectivity index is 2.52. The fourth-order valence-corrected chi connectivity index (χ4v) is 1.77. The normalized spacial score (nSPS) is 13.6. The van der Waals surface area contributed by atoms with Gasteiger partial charge >= 0.3 is 0 Å². The number of para-hydroxylation sites is 1. The van der Waals surface area contributed by atoms with Crippen LogP contribution < -0.4 is 10.1 Å².